The smallest absolute Gasteiger partial charge is 0.387 e. The summed E-state index contributed by atoms with van der Waals surface area (Å²) in [5.41, 5.74) is 4.52. The van der Waals surface area contributed by atoms with Crippen LogP contribution in [0.4, 0.5) is 0 Å². The molecular formula is C36H38O12P2. The Morgan fingerprint density at radius 2 is 0.780 bits per heavy atom. The first kappa shape index (κ1) is 35.3. The number of ether oxygens (including phenoxy) is 2. The van der Waals surface area contributed by atoms with Crippen LogP contribution in [0.25, 0.3) is 0 Å². The summed E-state index contributed by atoms with van der Waals surface area (Å²) in [5.74, 6) is 0. The van der Waals surface area contributed by atoms with E-state index in [4.69, 9.17) is 36.6 Å². The van der Waals surface area contributed by atoms with E-state index in [1.54, 1.807) is 0 Å². The van der Waals surface area contributed by atoms with Crippen LogP contribution < -0.4 is 0 Å². The second kappa shape index (κ2) is 15.7. The Labute approximate surface area is 290 Å². The maximum absolute atomic E-state index is 14.3. The molecule has 50 heavy (non-hydrogen) atoms. The number of fused-ring (bicyclic) bond motifs is 2. The van der Waals surface area contributed by atoms with Crippen LogP contribution in [0.15, 0.2) is 109 Å². The summed E-state index contributed by atoms with van der Waals surface area (Å²) >= 11 is 0. The van der Waals surface area contributed by atoms with Crippen molar-refractivity contribution in [2.45, 2.75) is 76.3 Å². The highest BCUT2D eigenvalue weighted by Gasteiger charge is 2.57. The van der Waals surface area contributed by atoms with Crippen molar-refractivity contribution in [3.63, 3.8) is 0 Å². The average Bonchev–Trinajstić information content (AvgIpc) is 3.42. The number of benzene rings is 4. The lowest BCUT2D eigenvalue weighted by Gasteiger charge is -2.47. The number of aliphatic hydroxyl groups excluding tert-OH is 2. The Hall–Kier alpha value is -3.06. The molecule has 2 N–H and O–H groups in total. The molecule has 2 aliphatic heterocycles. The average molecular weight is 725 g/mol. The van der Waals surface area contributed by atoms with Crippen molar-refractivity contribution in [3.8, 4) is 0 Å². The van der Waals surface area contributed by atoms with E-state index in [0.29, 0.717) is 0 Å². The van der Waals surface area contributed by atoms with Crippen molar-refractivity contribution in [1.29, 1.82) is 0 Å². The quantitative estimate of drug-likeness (QED) is 0.175. The van der Waals surface area contributed by atoms with Gasteiger partial charge >= 0.3 is 15.6 Å². The molecule has 4 aromatic carbocycles. The van der Waals surface area contributed by atoms with Gasteiger partial charge in [-0.3, -0.25) is 27.1 Å². The molecule has 0 unspecified atom stereocenters. The van der Waals surface area contributed by atoms with Gasteiger partial charge in [0, 0.05) is 0 Å². The zero-order chi connectivity index (χ0) is 34.6. The lowest BCUT2D eigenvalue weighted by molar-refractivity contribution is -0.245. The van der Waals surface area contributed by atoms with Crippen LogP contribution in [0, 0.1) is 0 Å². The van der Waals surface area contributed by atoms with Gasteiger partial charge in [0.1, 0.15) is 36.6 Å². The Kier molecular flexibility index (Phi) is 11.1. The lowest BCUT2D eigenvalue weighted by Crippen LogP contribution is -2.66. The van der Waals surface area contributed by atoms with Crippen LogP contribution in [0.5, 0.6) is 0 Å². The van der Waals surface area contributed by atoms with Gasteiger partial charge < -0.3 is 19.7 Å². The van der Waals surface area contributed by atoms with Crippen molar-refractivity contribution >= 4 is 15.6 Å². The normalized spacial score (nSPS) is 27.3. The summed E-state index contributed by atoms with van der Waals surface area (Å²) in [7, 11) is -8.88. The number of hydrogen-bond donors (Lipinski definition) is 2. The van der Waals surface area contributed by atoms with Crippen LogP contribution in [0.3, 0.4) is 0 Å². The van der Waals surface area contributed by atoms with E-state index < -0.39 is 52.3 Å². The summed E-state index contributed by atoms with van der Waals surface area (Å²) in [4.78, 5) is 0. The topological polar surface area (TPSA) is 148 Å². The maximum atomic E-state index is 14.3. The van der Waals surface area contributed by atoms with Gasteiger partial charge in [0.05, 0.1) is 39.6 Å². The first-order valence-corrected chi connectivity index (χ1v) is 19.2. The third kappa shape index (κ3) is 8.19. The number of rotatable bonds is 10. The number of phosphoric ester groups is 2. The Morgan fingerprint density at radius 1 is 0.480 bits per heavy atom. The molecule has 0 spiro atoms. The molecular weight excluding hydrogens is 686 g/mol. The van der Waals surface area contributed by atoms with Gasteiger partial charge in [-0.25, -0.2) is 9.13 Å². The molecule has 1 aliphatic carbocycles. The van der Waals surface area contributed by atoms with E-state index in [2.05, 4.69) is 0 Å². The SMILES string of the molecule is O=P1(O[C@@H]2[C@@H](OP3(=O)OCc4ccccc4CO3)[C@@H](OCc3ccccc3)[C@@H](O)[C@H](O)[C@H]2OCc2ccccc2)OCc2ccccc2CO1. The molecule has 2 heterocycles. The van der Waals surface area contributed by atoms with E-state index in [-0.39, 0.29) is 39.6 Å². The van der Waals surface area contributed by atoms with E-state index in [9.17, 15) is 19.3 Å². The molecule has 0 saturated heterocycles. The molecule has 0 amide bonds. The predicted molar refractivity (Wildman–Crippen MR) is 179 cm³/mol. The van der Waals surface area contributed by atoms with Gasteiger partial charge in [-0.05, 0) is 33.4 Å². The minimum absolute atomic E-state index is 0.0329. The highest BCUT2D eigenvalue weighted by molar-refractivity contribution is 7.48. The second-order valence-corrected chi connectivity index (χ2v) is 15.4. The fourth-order valence-electron chi connectivity index (χ4n) is 6.08. The van der Waals surface area contributed by atoms with E-state index in [1.807, 2.05) is 109 Å². The Morgan fingerprint density at radius 3 is 1.10 bits per heavy atom. The molecule has 14 heteroatoms. The summed E-state index contributed by atoms with van der Waals surface area (Å²) in [6.07, 6.45) is -9.22. The molecule has 12 nitrogen and oxygen atoms in total. The first-order valence-electron chi connectivity index (χ1n) is 16.2. The summed E-state index contributed by atoms with van der Waals surface area (Å²) in [5, 5.41) is 23.2. The first-order chi connectivity index (χ1) is 24.3. The minimum atomic E-state index is -4.44. The van der Waals surface area contributed by atoms with Gasteiger partial charge in [-0.2, -0.15) is 0 Å². The molecule has 1 saturated carbocycles. The third-order valence-corrected chi connectivity index (χ3v) is 11.6. The largest absolute Gasteiger partial charge is 0.475 e. The minimum Gasteiger partial charge on any atom is -0.387 e. The van der Waals surface area contributed by atoms with Gasteiger partial charge in [0.25, 0.3) is 0 Å². The van der Waals surface area contributed by atoms with Crippen molar-refractivity contribution in [2.75, 3.05) is 0 Å². The second-order valence-electron chi connectivity index (χ2n) is 12.2. The van der Waals surface area contributed by atoms with Crippen LogP contribution in [-0.4, -0.2) is 46.8 Å². The van der Waals surface area contributed by atoms with E-state index in [0.717, 1.165) is 33.4 Å². The highest BCUT2D eigenvalue weighted by atomic mass is 31.2. The Bertz CT molecular complexity index is 1630. The molecule has 6 atom stereocenters. The fourth-order valence-corrected chi connectivity index (χ4v) is 8.74. The standard InChI is InChI=1S/C36H38O12P2/c37-31-32(38)34(42-20-26-13-5-2-6-14-26)36(48-50(40)45-23-29-17-9-10-18-30(29)24-46-50)35(33(31)41-19-25-11-3-1-4-12-25)47-49(39)43-21-27-15-7-8-16-28(27)22-44-49/h1-18,31-38H,19-24H2/t31-,32-,33-,34+,35-,36-/m0/s1. The zero-order valence-corrected chi connectivity index (χ0v) is 28.8. The molecule has 0 aromatic heterocycles. The number of aliphatic hydroxyl groups is 2. The van der Waals surface area contributed by atoms with Crippen LogP contribution in [0.1, 0.15) is 33.4 Å². The molecule has 4 aromatic rings. The van der Waals surface area contributed by atoms with Crippen molar-refractivity contribution in [3.05, 3.63) is 143 Å². The molecule has 0 bridgehead atoms. The molecule has 264 valence electrons. The van der Waals surface area contributed by atoms with Crippen molar-refractivity contribution < 1.29 is 56.0 Å². The number of hydrogen-bond acceptors (Lipinski definition) is 12. The van der Waals surface area contributed by atoms with Crippen LogP contribution >= 0.6 is 15.6 Å². The van der Waals surface area contributed by atoms with Gasteiger partial charge in [-0.1, -0.05) is 109 Å². The lowest BCUT2D eigenvalue weighted by atomic mass is 9.84. The predicted octanol–water partition coefficient (Wildman–Crippen LogP) is 6.37. The third-order valence-electron chi connectivity index (χ3n) is 8.82. The van der Waals surface area contributed by atoms with E-state index in [1.165, 1.54) is 0 Å². The van der Waals surface area contributed by atoms with Gasteiger partial charge in [-0.15, -0.1) is 0 Å². The zero-order valence-electron chi connectivity index (χ0n) is 27.0. The summed E-state index contributed by atoms with van der Waals surface area (Å²) in [6, 6.07) is 32.9. The van der Waals surface area contributed by atoms with Crippen LogP contribution in [-0.2, 0) is 85.4 Å². The van der Waals surface area contributed by atoms with Gasteiger partial charge in [0.15, 0.2) is 0 Å². The van der Waals surface area contributed by atoms with Gasteiger partial charge in [0.2, 0.25) is 0 Å². The summed E-state index contributed by atoms with van der Waals surface area (Å²) in [6.45, 7) is -0.442. The molecule has 0 radical (unpaired) electrons. The Balaban J connectivity index is 1.24. The molecule has 1 fully saturated rings. The van der Waals surface area contributed by atoms with E-state index >= 15 is 0 Å². The van der Waals surface area contributed by atoms with Crippen LogP contribution in [0.2, 0.25) is 0 Å². The number of phosphoric acid groups is 2. The summed E-state index contributed by atoms with van der Waals surface area (Å²) < 4.78 is 76.5. The van der Waals surface area contributed by atoms with Crippen molar-refractivity contribution in [1.82, 2.24) is 0 Å². The molecule has 7 rings (SSSR count). The maximum Gasteiger partial charge on any atom is 0.475 e. The fraction of sp³-hybridized carbons (Fsp3) is 0.333. The monoisotopic (exact) mass is 724 g/mol. The highest BCUT2D eigenvalue weighted by Crippen LogP contribution is 2.59. The molecule has 3 aliphatic rings. The van der Waals surface area contributed by atoms with Crippen molar-refractivity contribution in [2.24, 2.45) is 0 Å².